The van der Waals surface area contributed by atoms with Crippen LogP contribution in [-0.4, -0.2) is 25.5 Å². The van der Waals surface area contributed by atoms with Crippen LogP contribution in [0, 0.1) is 0 Å². The first-order valence-electron chi connectivity index (χ1n) is 5.87. The molecule has 3 heteroatoms. The molecule has 1 unspecified atom stereocenters. The SMILES string of the molecule is CSc1cccc(NC2CCCOCC2)c1. The fourth-order valence-corrected chi connectivity index (χ4v) is 2.46. The Balaban J connectivity index is 1.96. The molecule has 0 aliphatic carbocycles. The first-order valence-corrected chi connectivity index (χ1v) is 7.09. The van der Waals surface area contributed by atoms with E-state index in [2.05, 4.69) is 35.8 Å². The summed E-state index contributed by atoms with van der Waals surface area (Å²) in [6.07, 6.45) is 5.60. The summed E-state index contributed by atoms with van der Waals surface area (Å²) in [5.74, 6) is 0. The highest BCUT2D eigenvalue weighted by molar-refractivity contribution is 7.98. The Hall–Kier alpha value is -0.670. The normalized spacial score (nSPS) is 21.4. The van der Waals surface area contributed by atoms with Gasteiger partial charge >= 0.3 is 0 Å². The molecule has 88 valence electrons. The van der Waals surface area contributed by atoms with E-state index in [-0.39, 0.29) is 0 Å². The molecule has 1 aliphatic rings. The molecule has 1 aromatic rings. The Morgan fingerprint density at radius 2 is 2.25 bits per heavy atom. The molecule has 1 aromatic carbocycles. The van der Waals surface area contributed by atoms with Crippen LogP contribution in [0.4, 0.5) is 5.69 Å². The van der Waals surface area contributed by atoms with E-state index >= 15 is 0 Å². The lowest BCUT2D eigenvalue weighted by molar-refractivity contribution is 0.144. The predicted octanol–water partition coefficient (Wildman–Crippen LogP) is 3.39. The molecule has 1 N–H and O–H groups in total. The summed E-state index contributed by atoms with van der Waals surface area (Å²) >= 11 is 1.78. The van der Waals surface area contributed by atoms with Crippen molar-refractivity contribution in [2.75, 3.05) is 24.8 Å². The van der Waals surface area contributed by atoms with E-state index in [0.717, 1.165) is 19.6 Å². The summed E-state index contributed by atoms with van der Waals surface area (Å²) in [7, 11) is 0. The zero-order chi connectivity index (χ0) is 11.2. The largest absolute Gasteiger partial charge is 0.382 e. The average molecular weight is 237 g/mol. The van der Waals surface area contributed by atoms with Gasteiger partial charge in [0.2, 0.25) is 0 Å². The van der Waals surface area contributed by atoms with Crippen LogP contribution >= 0.6 is 11.8 Å². The van der Waals surface area contributed by atoms with Crippen LogP contribution in [0.3, 0.4) is 0 Å². The van der Waals surface area contributed by atoms with Gasteiger partial charge in [-0.3, -0.25) is 0 Å². The van der Waals surface area contributed by atoms with E-state index < -0.39 is 0 Å². The molecular weight excluding hydrogens is 218 g/mol. The molecule has 0 spiro atoms. The highest BCUT2D eigenvalue weighted by Gasteiger charge is 2.11. The molecule has 0 aromatic heterocycles. The summed E-state index contributed by atoms with van der Waals surface area (Å²) in [6, 6.07) is 9.19. The van der Waals surface area contributed by atoms with Crippen molar-refractivity contribution >= 4 is 17.4 Å². The Morgan fingerprint density at radius 1 is 1.31 bits per heavy atom. The fourth-order valence-electron chi connectivity index (χ4n) is 2.00. The van der Waals surface area contributed by atoms with Gasteiger partial charge in [-0.25, -0.2) is 0 Å². The van der Waals surface area contributed by atoms with Gasteiger partial charge in [0, 0.05) is 29.8 Å². The molecular formula is C13H19NOS. The van der Waals surface area contributed by atoms with Gasteiger partial charge in [-0.05, 0) is 43.7 Å². The fraction of sp³-hybridized carbons (Fsp3) is 0.538. The Morgan fingerprint density at radius 3 is 3.12 bits per heavy atom. The van der Waals surface area contributed by atoms with E-state index in [9.17, 15) is 0 Å². The minimum Gasteiger partial charge on any atom is -0.382 e. The molecule has 2 rings (SSSR count). The standard InChI is InChI=1S/C13H19NOS/c1-16-13-6-2-4-12(10-13)14-11-5-3-8-15-9-7-11/h2,4,6,10-11,14H,3,5,7-9H2,1H3. The Bertz CT molecular complexity index is 321. The van der Waals surface area contributed by atoms with Crippen LogP contribution in [0.5, 0.6) is 0 Å². The smallest absolute Gasteiger partial charge is 0.0485 e. The number of thioether (sulfide) groups is 1. The van der Waals surface area contributed by atoms with Crippen molar-refractivity contribution in [2.45, 2.75) is 30.2 Å². The lowest BCUT2D eigenvalue weighted by atomic mass is 10.1. The summed E-state index contributed by atoms with van der Waals surface area (Å²) in [4.78, 5) is 1.31. The maximum atomic E-state index is 5.46. The van der Waals surface area contributed by atoms with Crippen molar-refractivity contribution in [3.63, 3.8) is 0 Å². The minimum absolute atomic E-state index is 0.569. The van der Waals surface area contributed by atoms with Crippen molar-refractivity contribution in [3.8, 4) is 0 Å². The number of ether oxygens (including phenoxy) is 1. The van der Waals surface area contributed by atoms with Gasteiger partial charge in [0.05, 0.1) is 0 Å². The van der Waals surface area contributed by atoms with Crippen LogP contribution in [0.25, 0.3) is 0 Å². The Kier molecular flexibility index (Phi) is 4.55. The van der Waals surface area contributed by atoms with Crippen LogP contribution in [-0.2, 0) is 4.74 Å². The van der Waals surface area contributed by atoms with Gasteiger partial charge < -0.3 is 10.1 Å². The third kappa shape index (κ3) is 3.42. The average Bonchev–Trinajstić information content (AvgIpc) is 2.58. The zero-order valence-electron chi connectivity index (χ0n) is 9.74. The molecule has 1 saturated heterocycles. The second-order valence-electron chi connectivity index (χ2n) is 4.12. The highest BCUT2D eigenvalue weighted by Crippen LogP contribution is 2.21. The van der Waals surface area contributed by atoms with Crippen molar-refractivity contribution in [2.24, 2.45) is 0 Å². The van der Waals surface area contributed by atoms with Crippen LogP contribution in [0.1, 0.15) is 19.3 Å². The molecule has 0 bridgehead atoms. The third-order valence-electron chi connectivity index (χ3n) is 2.89. The van der Waals surface area contributed by atoms with Crippen molar-refractivity contribution in [1.82, 2.24) is 0 Å². The molecule has 0 amide bonds. The van der Waals surface area contributed by atoms with Crippen molar-refractivity contribution in [3.05, 3.63) is 24.3 Å². The quantitative estimate of drug-likeness (QED) is 0.814. The molecule has 2 nitrogen and oxygen atoms in total. The summed E-state index contributed by atoms with van der Waals surface area (Å²) in [5, 5.41) is 3.60. The number of benzene rings is 1. The number of rotatable bonds is 3. The van der Waals surface area contributed by atoms with Crippen molar-refractivity contribution < 1.29 is 4.74 Å². The lowest BCUT2D eigenvalue weighted by Crippen LogP contribution is -2.19. The summed E-state index contributed by atoms with van der Waals surface area (Å²) in [5.41, 5.74) is 1.23. The minimum atomic E-state index is 0.569. The molecule has 1 fully saturated rings. The van der Waals surface area contributed by atoms with E-state index in [1.807, 2.05) is 0 Å². The highest BCUT2D eigenvalue weighted by atomic mass is 32.2. The van der Waals surface area contributed by atoms with Crippen LogP contribution < -0.4 is 5.32 Å². The maximum absolute atomic E-state index is 5.46. The number of hydrogen-bond acceptors (Lipinski definition) is 3. The van der Waals surface area contributed by atoms with Gasteiger partial charge in [0.25, 0.3) is 0 Å². The number of hydrogen-bond donors (Lipinski definition) is 1. The van der Waals surface area contributed by atoms with Gasteiger partial charge in [-0.1, -0.05) is 6.07 Å². The summed E-state index contributed by atoms with van der Waals surface area (Å²) < 4.78 is 5.46. The molecule has 0 radical (unpaired) electrons. The number of anilines is 1. The monoisotopic (exact) mass is 237 g/mol. The first-order chi connectivity index (χ1) is 7.88. The molecule has 0 saturated carbocycles. The van der Waals surface area contributed by atoms with Gasteiger partial charge in [0.1, 0.15) is 0 Å². The molecule has 1 heterocycles. The number of nitrogens with one attached hydrogen (secondary N) is 1. The van der Waals surface area contributed by atoms with Crippen LogP contribution in [0.2, 0.25) is 0 Å². The van der Waals surface area contributed by atoms with E-state index in [1.165, 1.54) is 23.4 Å². The molecule has 1 atom stereocenters. The van der Waals surface area contributed by atoms with Gasteiger partial charge in [-0.2, -0.15) is 0 Å². The van der Waals surface area contributed by atoms with E-state index in [0.29, 0.717) is 6.04 Å². The topological polar surface area (TPSA) is 21.3 Å². The molecule has 1 aliphatic heterocycles. The summed E-state index contributed by atoms with van der Waals surface area (Å²) in [6.45, 7) is 1.81. The predicted molar refractivity (Wildman–Crippen MR) is 70.3 cm³/mol. The first kappa shape index (κ1) is 11.8. The maximum Gasteiger partial charge on any atom is 0.0485 e. The lowest BCUT2D eigenvalue weighted by Gasteiger charge is -2.17. The van der Waals surface area contributed by atoms with E-state index in [1.54, 1.807) is 11.8 Å². The second kappa shape index (κ2) is 6.16. The van der Waals surface area contributed by atoms with E-state index in [4.69, 9.17) is 4.74 Å². The van der Waals surface area contributed by atoms with Crippen molar-refractivity contribution in [1.29, 1.82) is 0 Å². The zero-order valence-corrected chi connectivity index (χ0v) is 10.6. The third-order valence-corrected chi connectivity index (χ3v) is 3.62. The van der Waals surface area contributed by atoms with Gasteiger partial charge in [-0.15, -0.1) is 11.8 Å². The Labute approximate surface area is 102 Å². The molecule has 16 heavy (non-hydrogen) atoms. The second-order valence-corrected chi connectivity index (χ2v) is 5.00. The van der Waals surface area contributed by atoms with Crippen LogP contribution in [0.15, 0.2) is 29.2 Å². The van der Waals surface area contributed by atoms with Gasteiger partial charge in [0.15, 0.2) is 0 Å².